The van der Waals surface area contributed by atoms with Gasteiger partial charge in [0.25, 0.3) is 11.1 Å². The van der Waals surface area contributed by atoms with Gasteiger partial charge in [-0.25, -0.2) is 9.20 Å². The van der Waals surface area contributed by atoms with Crippen LogP contribution in [0.1, 0.15) is 37.7 Å². The Morgan fingerprint density at radius 2 is 1.82 bits per heavy atom. The summed E-state index contributed by atoms with van der Waals surface area (Å²) in [6.07, 6.45) is 6.49. The third kappa shape index (κ3) is 3.60. The van der Waals surface area contributed by atoms with E-state index in [0.29, 0.717) is 0 Å². The summed E-state index contributed by atoms with van der Waals surface area (Å²) in [7, 11) is 2.88. The Kier molecular flexibility index (Phi) is 6.22. The summed E-state index contributed by atoms with van der Waals surface area (Å²) >= 11 is 0. The van der Waals surface area contributed by atoms with Crippen molar-refractivity contribution in [3.8, 4) is 5.88 Å². The van der Waals surface area contributed by atoms with Gasteiger partial charge in [-0.2, -0.15) is 4.98 Å². The van der Waals surface area contributed by atoms with Gasteiger partial charge in [0.1, 0.15) is 0 Å². The van der Waals surface area contributed by atoms with Gasteiger partial charge in [-0.05, 0) is 24.8 Å². The number of nitrogens with zero attached hydrogens (tertiary/aromatic N) is 5. The molecule has 1 aromatic carbocycles. The fourth-order valence-corrected chi connectivity index (χ4v) is 4.50. The van der Waals surface area contributed by atoms with Crippen molar-refractivity contribution in [2.24, 2.45) is 14.1 Å². The molecular formula is C23H24N5NaO4. The van der Waals surface area contributed by atoms with Gasteiger partial charge in [0.15, 0.2) is 11.2 Å². The minimum atomic E-state index is -0.602. The third-order valence-electron chi connectivity index (χ3n) is 6.22. The molecule has 33 heavy (non-hydrogen) atoms. The number of aryl methyl sites for hydroxylation is 1. The first kappa shape index (κ1) is 23.3. The average Bonchev–Trinajstić information content (AvgIpc) is 3.22. The quantitative estimate of drug-likeness (QED) is 0.306. The van der Waals surface area contributed by atoms with E-state index in [1.54, 1.807) is 4.57 Å². The first-order chi connectivity index (χ1) is 15.4. The van der Waals surface area contributed by atoms with Crippen molar-refractivity contribution in [3.05, 3.63) is 84.8 Å². The van der Waals surface area contributed by atoms with Crippen LogP contribution in [0.15, 0.2) is 56.9 Å². The molecule has 0 aliphatic heterocycles. The van der Waals surface area contributed by atoms with Gasteiger partial charge in [0.2, 0.25) is 11.7 Å². The van der Waals surface area contributed by atoms with Gasteiger partial charge in [0, 0.05) is 20.0 Å². The summed E-state index contributed by atoms with van der Waals surface area (Å²) in [6.45, 7) is 0.247. The Hall–Kier alpha value is -2.88. The van der Waals surface area contributed by atoms with E-state index < -0.39 is 16.8 Å². The molecule has 3 heterocycles. The van der Waals surface area contributed by atoms with Crippen LogP contribution in [0.2, 0.25) is 0 Å². The SMILES string of the molecule is Cn1c(=O)c2c(nc3n(Cc4ccccc4)c(O)c(C4C=CCCC4)c(=O)n23)n(C)c1=O.[H-].[Na+]. The average molecular weight is 457 g/mol. The van der Waals surface area contributed by atoms with Crippen molar-refractivity contribution < 1.29 is 36.1 Å². The van der Waals surface area contributed by atoms with Gasteiger partial charge in [-0.3, -0.25) is 23.3 Å². The van der Waals surface area contributed by atoms with Gasteiger partial charge in [-0.15, -0.1) is 0 Å². The van der Waals surface area contributed by atoms with E-state index in [1.165, 1.54) is 23.1 Å². The van der Waals surface area contributed by atoms with Crippen LogP contribution in [-0.4, -0.2) is 28.2 Å². The van der Waals surface area contributed by atoms with Crippen LogP contribution in [0.3, 0.4) is 0 Å². The molecule has 0 fully saturated rings. The zero-order valence-corrected chi connectivity index (χ0v) is 20.9. The molecule has 0 amide bonds. The fourth-order valence-electron chi connectivity index (χ4n) is 4.50. The smallest absolute Gasteiger partial charge is 1.00 e. The Morgan fingerprint density at radius 1 is 1.09 bits per heavy atom. The minimum Gasteiger partial charge on any atom is -1.00 e. The number of hydrogen-bond donors (Lipinski definition) is 1. The van der Waals surface area contributed by atoms with Crippen LogP contribution in [0.5, 0.6) is 5.88 Å². The number of aromatic hydroxyl groups is 1. The largest absolute Gasteiger partial charge is 1.00 e. The molecule has 0 radical (unpaired) electrons. The van der Waals surface area contributed by atoms with Crippen molar-refractivity contribution in [2.45, 2.75) is 31.7 Å². The predicted octanol–water partition coefficient (Wildman–Crippen LogP) is -1.26. The Labute approximate surface area is 212 Å². The Bertz CT molecular complexity index is 1580. The van der Waals surface area contributed by atoms with Crippen LogP contribution in [0.25, 0.3) is 16.9 Å². The van der Waals surface area contributed by atoms with Crippen LogP contribution in [-0.2, 0) is 20.6 Å². The Balaban J connectivity index is 0.00000162. The summed E-state index contributed by atoms with van der Waals surface area (Å²) in [5.74, 6) is -0.315. The van der Waals surface area contributed by atoms with Crippen molar-refractivity contribution in [3.63, 3.8) is 0 Å². The van der Waals surface area contributed by atoms with Gasteiger partial charge in [0.05, 0.1) is 12.1 Å². The number of imidazole rings is 1. The molecule has 166 valence electrons. The first-order valence-electron chi connectivity index (χ1n) is 10.5. The van der Waals surface area contributed by atoms with E-state index in [9.17, 15) is 19.5 Å². The summed E-state index contributed by atoms with van der Waals surface area (Å²) in [4.78, 5) is 43.6. The van der Waals surface area contributed by atoms with Crippen LogP contribution in [0, 0.1) is 0 Å². The number of benzene rings is 1. The summed E-state index contributed by atoms with van der Waals surface area (Å²) in [5, 5.41) is 11.3. The van der Waals surface area contributed by atoms with E-state index in [1.807, 2.05) is 42.5 Å². The number of hydrogen-bond acceptors (Lipinski definition) is 5. The maximum atomic E-state index is 13.7. The number of fused-ring (bicyclic) bond motifs is 3. The zero-order valence-electron chi connectivity index (χ0n) is 19.9. The molecule has 0 saturated heterocycles. The molecule has 1 aliphatic rings. The second-order valence-corrected chi connectivity index (χ2v) is 8.20. The van der Waals surface area contributed by atoms with Crippen LogP contribution >= 0.6 is 0 Å². The molecule has 1 N–H and O–H groups in total. The molecule has 0 spiro atoms. The van der Waals surface area contributed by atoms with E-state index in [4.69, 9.17) is 0 Å². The number of rotatable bonds is 3. The molecule has 4 aromatic rings. The summed E-state index contributed by atoms with van der Waals surface area (Å²) in [6, 6.07) is 9.49. The van der Waals surface area contributed by atoms with E-state index in [-0.39, 0.29) is 71.8 Å². The second kappa shape index (κ2) is 8.81. The van der Waals surface area contributed by atoms with E-state index >= 15 is 0 Å². The maximum Gasteiger partial charge on any atom is 1.00 e. The normalized spacial score (nSPS) is 15.8. The molecule has 9 nitrogen and oxygen atoms in total. The predicted molar refractivity (Wildman–Crippen MR) is 121 cm³/mol. The molecule has 1 atom stereocenters. The maximum absolute atomic E-state index is 13.7. The summed E-state index contributed by atoms with van der Waals surface area (Å²) < 4.78 is 4.99. The van der Waals surface area contributed by atoms with Crippen molar-refractivity contribution in [1.29, 1.82) is 0 Å². The van der Waals surface area contributed by atoms with Crippen LogP contribution in [0.4, 0.5) is 0 Å². The molecule has 10 heteroatoms. The molecule has 5 rings (SSSR count). The second-order valence-electron chi connectivity index (χ2n) is 8.20. The monoisotopic (exact) mass is 457 g/mol. The van der Waals surface area contributed by atoms with Crippen molar-refractivity contribution in [2.75, 3.05) is 0 Å². The van der Waals surface area contributed by atoms with Crippen LogP contribution < -0.4 is 46.4 Å². The van der Waals surface area contributed by atoms with Gasteiger partial charge >= 0.3 is 35.2 Å². The molecular weight excluding hydrogens is 433 g/mol. The minimum absolute atomic E-state index is 0. The molecule has 0 saturated carbocycles. The van der Waals surface area contributed by atoms with Gasteiger partial charge < -0.3 is 6.53 Å². The zero-order chi connectivity index (χ0) is 22.6. The molecule has 1 aliphatic carbocycles. The molecule has 1 unspecified atom stereocenters. The fraction of sp³-hybridized carbons (Fsp3) is 0.304. The number of aromatic nitrogens is 5. The Morgan fingerprint density at radius 3 is 2.48 bits per heavy atom. The van der Waals surface area contributed by atoms with Crippen molar-refractivity contribution >= 4 is 16.9 Å². The standard InChI is InChI=1S/C23H23N5O4.Na.H/c1-25-18-17(21(31)26(2)23(25)32)28-20(30)16(15-11-7-4-8-12-15)19(29)27(22(28)24-18)13-14-9-5-3-6-10-14;;/h3,5-7,9-11,15,29H,4,8,12-13H2,1-2H3;;/q;+1;-1. The van der Waals surface area contributed by atoms with E-state index in [0.717, 1.165) is 29.4 Å². The molecule has 0 bridgehead atoms. The number of allylic oxidation sites excluding steroid dienone is 2. The van der Waals surface area contributed by atoms with E-state index in [2.05, 4.69) is 4.98 Å². The topological polar surface area (TPSA) is 104 Å². The van der Waals surface area contributed by atoms with Gasteiger partial charge in [-0.1, -0.05) is 42.5 Å². The van der Waals surface area contributed by atoms with Crippen molar-refractivity contribution in [1.82, 2.24) is 23.1 Å². The third-order valence-corrected chi connectivity index (χ3v) is 6.22. The molecule has 3 aromatic heterocycles. The first-order valence-corrected chi connectivity index (χ1v) is 10.5. The summed E-state index contributed by atoms with van der Waals surface area (Å²) in [5.41, 5.74) is -0.365.